The highest BCUT2D eigenvalue weighted by atomic mass is 35.5. The molecule has 0 spiro atoms. The van der Waals surface area contributed by atoms with Crippen LogP contribution < -0.4 is 5.32 Å². The summed E-state index contributed by atoms with van der Waals surface area (Å²) in [7, 11) is 0. The van der Waals surface area contributed by atoms with Crippen LogP contribution >= 0.6 is 12.4 Å². The van der Waals surface area contributed by atoms with Crippen LogP contribution in [-0.2, 0) is 22.6 Å². The average Bonchev–Trinajstić information content (AvgIpc) is 3.41. The van der Waals surface area contributed by atoms with Crippen molar-refractivity contribution >= 4 is 41.7 Å². The van der Waals surface area contributed by atoms with Crippen LogP contribution in [-0.4, -0.2) is 53.0 Å². The molecule has 5 rings (SSSR count). The number of rotatable bonds is 5. The lowest BCUT2D eigenvalue weighted by atomic mass is 10.0. The standard InChI is InChI=1S/C25H30N4O3.ClH/c1-16-21(15-28-8-4-3-5-9-28)17(2)26-23(16)13-20-19-12-18(6-7-22(19)27-24(20)30)14-29-10-11-32-25(29)31;/h6-7,12-13,26H,3-5,8-11,14-15H2,1-2H3,(H,27,30);1H. The van der Waals surface area contributed by atoms with Crippen molar-refractivity contribution < 1.29 is 14.3 Å². The number of anilines is 1. The van der Waals surface area contributed by atoms with E-state index in [9.17, 15) is 9.59 Å². The second kappa shape index (κ2) is 9.61. The largest absolute Gasteiger partial charge is 0.448 e. The summed E-state index contributed by atoms with van der Waals surface area (Å²) < 4.78 is 5.03. The second-order valence-corrected chi connectivity index (χ2v) is 9.03. The van der Waals surface area contributed by atoms with Crippen LogP contribution in [0.15, 0.2) is 18.2 Å². The summed E-state index contributed by atoms with van der Waals surface area (Å²) in [6, 6.07) is 5.87. The molecule has 2 aromatic rings. The monoisotopic (exact) mass is 470 g/mol. The maximum Gasteiger partial charge on any atom is 0.410 e. The third kappa shape index (κ3) is 4.66. The maximum absolute atomic E-state index is 12.8. The predicted octanol–water partition coefficient (Wildman–Crippen LogP) is 4.48. The number of hydrogen-bond acceptors (Lipinski definition) is 4. The Bertz CT molecular complexity index is 1100. The third-order valence-corrected chi connectivity index (χ3v) is 6.84. The summed E-state index contributed by atoms with van der Waals surface area (Å²) in [5, 5.41) is 2.97. The maximum atomic E-state index is 12.8. The minimum absolute atomic E-state index is 0. The molecule has 2 saturated heterocycles. The van der Waals surface area contributed by atoms with Crippen molar-refractivity contribution in [2.24, 2.45) is 0 Å². The smallest absolute Gasteiger partial charge is 0.410 e. The molecule has 3 aliphatic heterocycles. The molecule has 0 saturated carbocycles. The van der Waals surface area contributed by atoms with Crippen LogP contribution in [0.1, 0.15) is 52.9 Å². The number of nitrogens with zero attached hydrogens (tertiary/aromatic N) is 2. The minimum atomic E-state index is -0.283. The number of halogens is 1. The van der Waals surface area contributed by atoms with Gasteiger partial charge in [0.05, 0.1) is 12.1 Å². The molecule has 4 heterocycles. The Morgan fingerprint density at radius 2 is 1.85 bits per heavy atom. The van der Waals surface area contributed by atoms with E-state index in [0.29, 0.717) is 25.3 Å². The highest BCUT2D eigenvalue weighted by Crippen LogP contribution is 2.35. The zero-order chi connectivity index (χ0) is 22.2. The predicted molar refractivity (Wildman–Crippen MR) is 131 cm³/mol. The first-order valence-corrected chi connectivity index (χ1v) is 11.5. The molecular formula is C25H31ClN4O3. The quantitative estimate of drug-likeness (QED) is 0.631. The van der Waals surface area contributed by atoms with Gasteiger partial charge < -0.3 is 19.9 Å². The van der Waals surface area contributed by atoms with Crippen molar-refractivity contribution in [1.82, 2.24) is 14.8 Å². The van der Waals surface area contributed by atoms with Crippen molar-refractivity contribution in [3.63, 3.8) is 0 Å². The lowest BCUT2D eigenvalue weighted by Gasteiger charge is -2.26. The van der Waals surface area contributed by atoms with Gasteiger partial charge in [0.15, 0.2) is 0 Å². The molecule has 1 aromatic heterocycles. The lowest BCUT2D eigenvalue weighted by molar-refractivity contribution is -0.110. The first-order valence-electron chi connectivity index (χ1n) is 11.5. The van der Waals surface area contributed by atoms with Gasteiger partial charge in [-0.25, -0.2) is 4.79 Å². The number of cyclic esters (lactones) is 1. The molecular weight excluding hydrogens is 440 g/mol. The molecule has 1 aromatic carbocycles. The van der Waals surface area contributed by atoms with Crippen LogP contribution in [0.4, 0.5) is 10.5 Å². The van der Waals surface area contributed by atoms with Gasteiger partial charge in [-0.05, 0) is 74.7 Å². The molecule has 0 unspecified atom stereocenters. The number of carbonyl (C=O) groups excluding carboxylic acids is 2. The summed E-state index contributed by atoms with van der Waals surface area (Å²) in [5.74, 6) is -0.0954. The highest BCUT2D eigenvalue weighted by molar-refractivity contribution is 6.34. The third-order valence-electron chi connectivity index (χ3n) is 6.84. The number of benzene rings is 1. The zero-order valence-corrected chi connectivity index (χ0v) is 20.0. The molecule has 8 heteroatoms. The number of hydrogen-bond donors (Lipinski definition) is 2. The topological polar surface area (TPSA) is 77.7 Å². The SMILES string of the molecule is Cc1[nH]c(C=C2C(=O)Nc3ccc(CN4CCOC4=O)cc32)c(C)c1CN1CCCCC1.Cl. The molecule has 2 N–H and O–H groups in total. The molecule has 0 aliphatic carbocycles. The number of ether oxygens (including phenoxy) is 1. The number of nitrogens with one attached hydrogen (secondary N) is 2. The first-order chi connectivity index (χ1) is 15.5. The van der Waals surface area contributed by atoms with Gasteiger partial charge in [-0.15, -0.1) is 12.4 Å². The van der Waals surface area contributed by atoms with E-state index in [2.05, 4.69) is 29.0 Å². The van der Waals surface area contributed by atoms with Gasteiger partial charge in [-0.1, -0.05) is 12.5 Å². The van der Waals surface area contributed by atoms with Gasteiger partial charge in [0.25, 0.3) is 5.91 Å². The highest BCUT2D eigenvalue weighted by Gasteiger charge is 2.27. The van der Waals surface area contributed by atoms with E-state index in [0.717, 1.165) is 42.1 Å². The number of fused-ring (bicyclic) bond motifs is 1. The fraction of sp³-hybridized carbons (Fsp3) is 0.440. The Morgan fingerprint density at radius 3 is 2.58 bits per heavy atom. The summed E-state index contributed by atoms with van der Waals surface area (Å²) in [6.45, 7) is 9.02. The molecule has 3 aliphatic rings. The van der Waals surface area contributed by atoms with Crippen LogP contribution in [0.3, 0.4) is 0 Å². The number of amides is 2. The number of carbonyl (C=O) groups is 2. The van der Waals surface area contributed by atoms with Crippen LogP contribution in [0.2, 0.25) is 0 Å². The van der Waals surface area contributed by atoms with Gasteiger partial charge in [0, 0.05) is 35.7 Å². The summed E-state index contributed by atoms with van der Waals surface area (Å²) >= 11 is 0. The van der Waals surface area contributed by atoms with E-state index >= 15 is 0 Å². The van der Waals surface area contributed by atoms with Crippen LogP contribution in [0, 0.1) is 13.8 Å². The van der Waals surface area contributed by atoms with E-state index in [1.54, 1.807) is 4.90 Å². The van der Waals surface area contributed by atoms with Crippen LogP contribution in [0.25, 0.3) is 11.6 Å². The number of H-pyrrole nitrogens is 1. The average molecular weight is 471 g/mol. The van der Waals surface area contributed by atoms with Crippen molar-refractivity contribution in [3.05, 3.63) is 51.8 Å². The van der Waals surface area contributed by atoms with Gasteiger partial charge in [0.2, 0.25) is 0 Å². The van der Waals surface area contributed by atoms with Crippen molar-refractivity contribution in [2.45, 2.75) is 46.2 Å². The Balaban J connectivity index is 0.00000259. The lowest BCUT2D eigenvalue weighted by Crippen LogP contribution is -2.29. The molecule has 0 atom stereocenters. The van der Waals surface area contributed by atoms with Gasteiger partial charge in [-0.2, -0.15) is 0 Å². The molecule has 7 nitrogen and oxygen atoms in total. The molecule has 2 fully saturated rings. The first kappa shape index (κ1) is 23.4. The molecule has 176 valence electrons. The van der Waals surface area contributed by atoms with E-state index in [4.69, 9.17) is 4.74 Å². The molecule has 33 heavy (non-hydrogen) atoms. The van der Waals surface area contributed by atoms with Crippen molar-refractivity contribution in [1.29, 1.82) is 0 Å². The number of likely N-dealkylation sites (tertiary alicyclic amines) is 1. The van der Waals surface area contributed by atoms with Crippen molar-refractivity contribution in [3.8, 4) is 0 Å². The fourth-order valence-electron chi connectivity index (χ4n) is 4.95. The van der Waals surface area contributed by atoms with E-state index in [-0.39, 0.29) is 24.4 Å². The molecule has 0 radical (unpaired) electrons. The second-order valence-electron chi connectivity index (χ2n) is 9.03. The number of aromatic nitrogens is 1. The Labute approximate surface area is 200 Å². The van der Waals surface area contributed by atoms with E-state index < -0.39 is 0 Å². The van der Waals surface area contributed by atoms with Gasteiger partial charge in [0.1, 0.15) is 6.61 Å². The number of piperidine rings is 1. The minimum Gasteiger partial charge on any atom is -0.448 e. The normalized spacial score (nSPS) is 19.5. The summed E-state index contributed by atoms with van der Waals surface area (Å²) in [6.07, 6.45) is 5.56. The number of aryl methyl sites for hydroxylation is 1. The molecule has 0 bridgehead atoms. The Morgan fingerprint density at radius 1 is 1.06 bits per heavy atom. The number of aromatic amines is 1. The van der Waals surface area contributed by atoms with Crippen LogP contribution in [0.5, 0.6) is 0 Å². The summed E-state index contributed by atoms with van der Waals surface area (Å²) in [4.78, 5) is 32.3. The van der Waals surface area contributed by atoms with Gasteiger partial charge >= 0.3 is 6.09 Å². The molecule has 2 amide bonds. The van der Waals surface area contributed by atoms with E-state index in [1.807, 2.05) is 24.3 Å². The Kier molecular flexibility index (Phi) is 6.81. The summed E-state index contributed by atoms with van der Waals surface area (Å²) in [5.41, 5.74) is 8.01. The van der Waals surface area contributed by atoms with Gasteiger partial charge in [-0.3, -0.25) is 9.69 Å². The van der Waals surface area contributed by atoms with Crippen molar-refractivity contribution in [2.75, 3.05) is 31.6 Å². The van der Waals surface area contributed by atoms with E-state index in [1.165, 1.54) is 36.1 Å². The zero-order valence-electron chi connectivity index (χ0n) is 19.2. The fourth-order valence-corrected chi connectivity index (χ4v) is 4.95. The Hall–Kier alpha value is -2.77.